The molecule has 0 radical (unpaired) electrons. The highest BCUT2D eigenvalue weighted by molar-refractivity contribution is 5.69. The van der Waals surface area contributed by atoms with E-state index in [0.29, 0.717) is 6.42 Å². The first-order valence-electron chi connectivity index (χ1n) is 10.8. The quantitative estimate of drug-likeness (QED) is 0.643. The molecule has 2 saturated carbocycles. The van der Waals surface area contributed by atoms with Gasteiger partial charge in [-0.05, 0) is 37.0 Å². The zero-order valence-electron chi connectivity index (χ0n) is 15.5. The predicted octanol–water partition coefficient (Wildman–Crippen LogP) is 5.49. The molecule has 1 heterocycles. The van der Waals surface area contributed by atoms with Crippen molar-refractivity contribution in [3.05, 3.63) is 0 Å². The first-order chi connectivity index (χ1) is 11.8. The number of rotatable bonds is 6. The summed E-state index contributed by atoms with van der Waals surface area (Å²) in [5.74, 6) is 2.56. The molecule has 3 rings (SSSR count). The van der Waals surface area contributed by atoms with Crippen molar-refractivity contribution in [1.29, 1.82) is 0 Å². The van der Waals surface area contributed by atoms with Gasteiger partial charge in [0.15, 0.2) is 0 Å². The molecule has 138 valence electrons. The van der Waals surface area contributed by atoms with E-state index in [2.05, 4.69) is 0 Å². The topological polar surface area (TPSA) is 29.5 Å². The molecule has 0 bridgehead atoms. The molecule has 0 N–H and O–H groups in total. The van der Waals surface area contributed by atoms with Crippen LogP contribution in [0.4, 0.5) is 0 Å². The van der Waals surface area contributed by atoms with Crippen molar-refractivity contribution in [2.24, 2.45) is 17.8 Å². The van der Waals surface area contributed by atoms with Gasteiger partial charge < -0.3 is 4.84 Å². The Hall–Kier alpha value is -0.570. The summed E-state index contributed by atoms with van der Waals surface area (Å²) >= 11 is 0. The fraction of sp³-hybridized carbons (Fsp3) is 0.952. The van der Waals surface area contributed by atoms with Crippen LogP contribution < -0.4 is 0 Å². The second-order valence-corrected chi connectivity index (χ2v) is 8.45. The maximum Gasteiger partial charge on any atom is 0.325 e. The number of hydroxylamine groups is 2. The van der Waals surface area contributed by atoms with Crippen molar-refractivity contribution in [2.75, 3.05) is 13.1 Å². The SMILES string of the molecule is O=C(CCC(C1CCCCC1)C1CCCCC1)ON1CCCCC1. The Morgan fingerprint density at radius 1 is 0.792 bits per heavy atom. The molecule has 2 aliphatic carbocycles. The molecule has 1 saturated heterocycles. The number of piperidine rings is 1. The van der Waals surface area contributed by atoms with Crippen molar-refractivity contribution in [2.45, 2.75) is 96.3 Å². The third-order valence-electron chi connectivity index (χ3n) is 6.74. The van der Waals surface area contributed by atoms with Gasteiger partial charge in [-0.15, -0.1) is 5.06 Å². The van der Waals surface area contributed by atoms with E-state index in [9.17, 15) is 4.79 Å². The third kappa shape index (κ3) is 5.47. The summed E-state index contributed by atoms with van der Waals surface area (Å²) in [6, 6.07) is 0. The lowest BCUT2D eigenvalue weighted by Gasteiger charge is -2.38. The molecule has 0 aromatic rings. The summed E-state index contributed by atoms with van der Waals surface area (Å²) in [6.45, 7) is 1.86. The van der Waals surface area contributed by atoms with E-state index < -0.39 is 0 Å². The van der Waals surface area contributed by atoms with Gasteiger partial charge in [0, 0.05) is 19.5 Å². The lowest BCUT2D eigenvalue weighted by molar-refractivity contribution is -0.194. The molecule has 0 unspecified atom stereocenters. The van der Waals surface area contributed by atoms with Crippen LogP contribution in [-0.4, -0.2) is 24.1 Å². The first kappa shape index (κ1) is 18.2. The normalized spacial score (nSPS) is 25.0. The Labute approximate surface area is 148 Å². The summed E-state index contributed by atoms with van der Waals surface area (Å²) in [4.78, 5) is 17.9. The Bertz CT molecular complexity index is 348. The van der Waals surface area contributed by atoms with Crippen molar-refractivity contribution in [1.82, 2.24) is 5.06 Å². The van der Waals surface area contributed by atoms with Gasteiger partial charge in [-0.1, -0.05) is 70.6 Å². The molecule has 3 heteroatoms. The van der Waals surface area contributed by atoms with E-state index in [4.69, 9.17) is 4.84 Å². The zero-order chi connectivity index (χ0) is 16.6. The second-order valence-electron chi connectivity index (χ2n) is 8.45. The number of hydrogen-bond donors (Lipinski definition) is 0. The third-order valence-corrected chi connectivity index (χ3v) is 6.74. The average Bonchev–Trinajstić information content (AvgIpc) is 2.64. The Balaban J connectivity index is 1.49. The molecule has 3 aliphatic rings. The van der Waals surface area contributed by atoms with Crippen molar-refractivity contribution >= 4 is 5.97 Å². The Morgan fingerprint density at radius 2 is 1.29 bits per heavy atom. The maximum atomic E-state index is 12.3. The lowest BCUT2D eigenvalue weighted by atomic mass is 9.68. The number of carbonyl (C=O) groups excluding carboxylic acids is 1. The van der Waals surface area contributed by atoms with Crippen molar-refractivity contribution < 1.29 is 9.63 Å². The van der Waals surface area contributed by atoms with Crippen LogP contribution in [0.25, 0.3) is 0 Å². The number of carbonyl (C=O) groups is 1. The fourth-order valence-corrected chi connectivity index (χ4v) is 5.41. The van der Waals surface area contributed by atoms with Crippen LogP contribution in [0, 0.1) is 17.8 Å². The molecule has 0 amide bonds. The van der Waals surface area contributed by atoms with E-state index in [1.807, 2.05) is 5.06 Å². The lowest BCUT2D eigenvalue weighted by Crippen LogP contribution is -2.33. The van der Waals surface area contributed by atoms with Gasteiger partial charge in [-0.3, -0.25) is 4.79 Å². The van der Waals surface area contributed by atoms with E-state index in [0.717, 1.165) is 37.3 Å². The van der Waals surface area contributed by atoms with Gasteiger partial charge in [0.1, 0.15) is 0 Å². The second kappa shape index (κ2) is 9.79. The van der Waals surface area contributed by atoms with Gasteiger partial charge in [-0.25, -0.2) is 0 Å². The maximum absolute atomic E-state index is 12.3. The minimum Gasteiger partial charge on any atom is -0.368 e. The summed E-state index contributed by atoms with van der Waals surface area (Å²) < 4.78 is 0. The van der Waals surface area contributed by atoms with Crippen LogP contribution in [-0.2, 0) is 9.63 Å². The van der Waals surface area contributed by atoms with E-state index in [1.165, 1.54) is 83.5 Å². The minimum atomic E-state index is 0.0218. The molecular weight excluding hydrogens is 298 g/mol. The molecule has 24 heavy (non-hydrogen) atoms. The molecule has 0 atom stereocenters. The summed E-state index contributed by atoms with van der Waals surface area (Å²) in [7, 11) is 0. The van der Waals surface area contributed by atoms with Crippen LogP contribution in [0.3, 0.4) is 0 Å². The zero-order valence-corrected chi connectivity index (χ0v) is 15.5. The summed E-state index contributed by atoms with van der Waals surface area (Å²) in [6.07, 6.45) is 19.4. The minimum absolute atomic E-state index is 0.0218. The highest BCUT2D eigenvalue weighted by atomic mass is 16.7. The summed E-state index contributed by atoms with van der Waals surface area (Å²) in [5, 5.41) is 1.90. The van der Waals surface area contributed by atoms with Crippen LogP contribution in [0.15, 0.2) is 0 Å². The van der Waals surface area contributed by atoms with Gasteiger partial charge in [-0.2, -0.15) is 0 Å². The van der Waals surface area contributed by atoms with Crippen LogP contribution in [0.5, 0.6) is 0 Å². The smallest absolute Gasteiger partial charge is 0.325 e. The highest BCUT2D eigenvalue weighted by Crippen LogP contribution is 2.42. The molecule has 3 nitrogen and oxygen atoms in total. The predicted molar refractivity (Wildman–Crippen MR) is 97.4 cm³/mol. The van der Waals surface area contributed by atoms with Gasteiger partial charge >= 0.3 is 5.97 Å². The van der Waals surface area contributed by atoms with Crippen LogP contribution >= 0.6 is 0 Å². The number of nitrogens with zero attached hydrogens (tertiary/aromatic N) is 1. The van der Waals surface area contributed by atoms with Crippen LogP contribution in [0.1, 0.15) is 96.3 Å². The molecule has 0 aromatic heterocycles. The molecule has 0 aromatic carbocycles. The van der Waals surface area contributed by atoms with Crippen molar-refractivity contribution in [3.8, 4) is 0 Å². The Kier molecular flexibility index (Phi) is 7.44. The molecule has 3 fully saturated rings. The largest absolute Gasteiger partial charge is 0.368 e. The van der Waals surface area contributed by atoms with Gasteiger partial charge in [0.2, 0.25) is 0 Å². The Morgan fingerprint density at radius 3 is 1.83 bits per heavy atom. The monoisotopic (exact) mass is 335 g/mol. The average molecular weight is 336 g/mol. The van der Waals surface area contributed by atoms with E-state index in [-0.39, 0.29) is 5.97 Å². The van der Waals surface area contributed by atoms with Crippen molar-refractivity contribution in [3.63, 3.8) is 0 Å². The molecule has 0 spiro atoms. The summed E-state index contributed by atoms with van der Waals surface area (Å²) in [5.41, 5.74) is 0. The van der Waals surface area contributed by atoms with E-state index >= 15 is 0 Å². The first-order valence-corrected chi connectivity index (χ1v) is 10.8. The highest BCUT2D eigenvalue weighted by Gasteiger charge is 2.32. The fourth-order valence-electron chi connectivity index (χ4n) is 5.41. The number of hydrogen-bond acceptors (Lipinski definition) is 3. The molecular formula is C21H37NO2. The van der Waals surface area contributed by atoms with E-state index in [1.54, 1.807) is 0 Å². The standard InChI is InChI=1S/C21H37NO2/c23-21(24-22-16-8-3-9-17-22)15-14-20(18-10-4-1-5-11-18)19-12-6-2-7-13-19/h18-20H,1-17H2. The van der Waals surface area contributed by atoms with Crippen LogP contribution in [0.2, 0.25) is 0 Å². The van der Waals surface area contributed by atoms with Gasteiger partial charge in [0.25, 0.3) is 0 Å². The molecule has 1 aliphatic heterocycles. The van der Waals surface area contributed by atoms with Gasteiger partial charge in [0.05, 0.1) is 0 Å².